The summed E-state index contributed by atoms with van der Waals surface area (Å²) in [5.41, 5.74) is 1.65. The monoisotopic (exact) mass is 393 g/mol. The van der Waals surface area contributed by atoms with E-state index < -0.39 is 5.97 Å². The maximum absolute atomic E-state index is 12.1. The summed E-state index contributed by atoms with van der Waals surface area (Å²) in [7, 11) is 0. The smallest absolute Gasteiger partial charge is 0.338 e. The summed E-state index contributed by atoms with van der Waals surface area (Å²) in [4.78, 5) is 36.7. The highest BCUT2D eigenvalue weighted by atomic mass is 32.1. The molecule has 0 aliphatic heterocycles. The average molecular weight is 393 g/mol. The predicted octanol–water partition coefficient (Wildman–Crippen LogP) is 4.82. The predicted molar refractivity (Wildman–Crippen MR) is 109 cm³/mol. The number of rotatable bonds is 8. The first-order chi connectivity index (χ1) is 13.6. The lowest BCUT2D eigenvalue weighted by atomic mass is 10.1. The Morgan fingerprint density at radius 1 is 0.857 bits per heavy atom. The number of carbonyl (C=O) groups excluding carboxylic acids is 3. The molecule has 0 aliphatic rings. The number of amides is 1. The third-order valence-corrected chi connectivity index (χ3v) is 4.87. The van der Waals surface area contributed by atoms with Gasteiger partial charge in [-0.05, 0) is 42.1 Å². The molecule has 2 aromatic carbocycles. The normalized spacial score (nSPS) is 10.3. The van der Waals surface area contributed by atoms with Gasteiger partial charge in [0.05, 0.1) is 17.0 Å². The van der Waals surface area contributed by atoms with Gasteiger partial charge in [0.2, 0.25) is 0 Å². The van der Waals surface area contributed by atoms with Crippen molar-refractivity contribution >= 4 is 34.7 Å². The number of ether oxygens (including phenoxy) is 1. The molecule has 1 heterocycles. The van der Waals surface area contributed by atoms with E-state index in [1.165, 1.54) is 11.3 Å². The Balaban J connectivity index is 1.43. The lowest BCUT2D eigenvalue weighted by Crippen LogP contribution is -2.11. The molecule has 1 aromatic heterocycles. The number of hydrogen-bond donors (Lipinski definition) is 1. The second kappa shape index (κ2) is 9.62. The topological polar surface area (TPSA) is 72.5 Å². The number of benzene rings is 2. The maximum Gasteiger partial charge on any atom is 0.338 e. The number of ketones is 1. The molecule has 6 heteroatoms. The fourth-order valence-corrected chi connectivity index (χ4v) is 3.16. The van der Waals surface area contributed by atoms with Crippen LogP contribution in [-0.4, -0.2) is 24.3 Å². The van der Waals surface area contributed by atoms with Crippen molar-refractivity contribution in [2.24, 2.45) is 0 Å². The molecule has 3 rings (SSSR count). The van der Waals surface area contributed by atoms with Crippen LogP contribution in [0.2, 0.25) is 0 Å². The van der Waals surface area contributed by atoms with Gasteiger partial charge in [0, 0.05) is 17.7 Å². The van der Waals surface area contributed by atoms with Crippen LogP contribution in [-0.2, 0) is 4.74 Å². The van der Waals surface area contributed by atoms with Crippen LogP contribution in [0.5, 0.6) is 0 Å². The lowest BCUT2D eigenvalue weighted by Gasteiger charge is -2.07. The third kappa shape index (κ3) is 5.37. The SMILES string of the molecule is O=C(CCCOC(=O)c1ccc(NC(=O)c2cccs2)cc1)c1ccccc1. The van der Waals surface area contributed by atoms with Gasteiger partial charge in [0.25, 0.3) is 5.91 Å². The molecular weight excluding hydrogens is 374 g/mol. The molecule has 0 unspecified atom stereocenters. The lowest BCUT2D eigenvalue weighted by molar-refractivity contribution is 0.0494. The molecule has 0 saturated carbocycles. The minimum absolute atomic E-state index is 0.0301. The summed E-state index contributed by atoms with van der Waals surface area (Å²) in [5, 5.41) is 4.61. The van der Waals surface area contributed by atoms with Crippen molar-refractivity contribution in [1.29, 1.82) is 0 Å². The zero-order chi connectivity index (χ0) is 19.8. The number of Topliss-reactive ketones (excluding diaryl/α,β-unsaturated/α-hetero) is 1. The summed E-state index contributed by atoms with van der Waals surface area (Å²) in [6, 6.07) is 19.1. The molecule has 3 aromatic rings. The second-order valence-corrected chi connectivity index (χ2v) is 6.99. The van der Waals surface area contributed by atoms with Crippen molar-refractivity contribution in [3.8, 4) is 0 Å². The summed E-state index contributed by atoms with van der Waals surface area (Å²) >= 11 is 1.36. The van der Waals surface area contributed by atoms with Crippen LogP contribution in [0.4, 0.5) is 5.69 Å². The van der Waals surface area contributed by atoms with Crippen LogP contribution in [0.15, 0.2) is 72.1 Å². The summed E-state index contributed by atoms with van der Waals surface area (Å²) < 4.78 is 5.22. The third-order valence-electron chi connectivity index (χ3n) is 4.00. The Kier molecular flexibility index (Phi) is 6.70. The van der Waals surface area contributed by atoms with E-state index in [0.29, 0.717) is 34.5 Å². The van der Waals surface area contributed by atoms with Crippen molar-refractivity contribution in [2.45, 2.75) is 12.8 Å². The van der Waals surface area contributed by atoms with E-state index in [9.17, 15) is 14.4 Å². The van der Waals surface area contributed by atoms with Gasteiger partial charge in [-0.15, -0.1) is 11.3 Å². The molecule has 0 spiro atoms. The van der Waals surface area contributed by atoms with E-state index in [4.69, 9.17) is 4.74 Å². The van der Waals surface area contributed by atoms with Crippen LogP contribution in [0.3, 0.4) is 0 Å². The van der Waals surface area contributed by atoms with Crippen LogP contribution >= 0.6 is 11.3 Å². The van der Waals surface area contributed by atoms with Gasteiger partial charge >= 0.3 is 5.97 Å². The summed E-state index contributed by atoms with van der Waals surface area (Å²) in [6.45, 7) is 0.175. The molecule has 5 nitrogen and oxygen atoms in total. The molecular formula is C22H19NO4S. The first kappa shape index (κ1) is 19.5. The van der Waals surface area contributed by atoms with Gasteiger partial charge in [0.1, 0.15) is 0 Å². The Bertz CT molecular complexity index is 934. The van der Waals surface area contributed by atoms with Crippen LogP contribution in [0, 0.1) is 0 Å². The number of nitrogens with one attached hydrogen (secondary N) is 1. The van der Waals surface area contributed by atoms with Crippen molar-refractivity contribution in [3.05, 3.63) is 88.1 Å². The number of carbonyl (C=O) groups is 3. The quantitative estimate of drug-likeness (QED) is 0.338. The molecule has 28 heavy (non-hydrogen) atoms. The summed E-state index contributed by atoms with van der Waals surface area (Å²) in [6.07, 6.45) is 0.791. The van der Waals surface area contributed by atoms with Gasteiger partial charge in [-0.25, -0.2) is 4.79 Å². The first-order valence-electron chi connectivity index (χ1n) is 8.84. The van der Waals surface area contributed by atoms with Crippen molar-refractivity contribution in [2.75, 3.05) is 11.9 Å². The second-order valence-electron chi connectivity index (χ2n) is 6.04. The Labute approximate surface area is 167 Å². The van der Waals surface area contributed by atoms with E-state index >= 15 is 0 Å². The molecule has 0 radical (unpaired) electrons. The van der Waals surface area contributed by atoms with Crippen LogP contribution in [0.1, 0.15) is 43.2 Å². The number of anilines is 1. The molecule has 0 atom stereocenters. The molecule has 0 bridgehead atoms. The fraction of sp³-hybridized carbons (Fsp3) is 0.136. The standard InChI is InChI=1S/C22H19NO4S/c24-19(16-6-2-1-3-7-16)8-4-14-27-22(26)17-10-12-18(13-11-17)23-21(25)20-9-5-15-28-20/h1-3,5-7,9-13,15H,4,8,14H2,(H,23,25). The minimum Gasteiger partial charge on any atom is -0.462 e. The summed E-state index contributed by atoms with van der Waals surface area (Å²) in [5.74, 6) is -0.612. The number of esters is 1. The molecule has 0 fully saturated rings. The molecule has 1 amide bonds. The van der Waals surface area contributed by atoms with Gasteiger partial charge < -0.3 is 10.1 Å². The van der Waals surface area contributed by atoms with Gasteiger partial charge in [0.15, 0.2) is 5.78 Å². The van der Waals surface area contributed by atoms with Crippen LogP contribution < -0.4 is 5.32 Å². The van der Waals surface area contributed by atoms with Crippen LogP contribution in [0.25, 0.3) is 0 Å². The largest absolute Gasteiger partial charge is 0.462 e. The molecule has 1 N–H and O–H groups in total. The highest BCUT2D eigenvalue weighted by molar-refractivity contribution is 7.12. The molecule has 0 aliphatic carbocycles. The van der Waals surface area contributed by atoms with E-state index in [1.807, 2.05) is 29.6 Å². The van der Waals surface area contributed by atoms with E-state index in [2.05, 4.69) is 5.32 Å². The van der Waals surface area contributed by atoms with Crippen molar-refractivity contribution < 1.29 is 19.1 Å². The van der Waals surface area contributed by atoms with Crippen molar-refractivity contribution in [3.63, 3.8) is 0 Å². The Hall–Kier alpha value is -3.25. The molecule has 142 valence electrons. The van der Waals surface area contributed by atoms with Crippen molar-refractivity contribution in [1.82, 2.24) is 0 Å². The zero-order valence-corrected chi connectivity index (χ0v) is 15.9. The Morgan fingerprint density at radius 3 is 2.29 bits per heavy atom. The number of hydrogen-bond acceptors (Lipinski definition) is 5. The zero-order valence-electron chi connectivity index (χ0n) is 15.1. The van der Waals surface area contributed by atoms with E-state index in [1.54, 1.807) is 42.5 Å². The maximum atomic E-state index is 12.1. The highest BCUT2D eigenvalue weighted by Gasteiger charge is 2.10. The molecule has 0 saturated heterocycles. The van der Waals surface area contributed by atoms with Gasteiger partial charge in [-0.2, -0.15) is 0 Å². The van der Waals surface area contributed by atoms with Gasteiger partial charge in [-0.1, -0.05) is 36.4 Å². The number of thiophene rings is 1. The van der Waals surface area contributed by atoms with E-state index in [0.717, 1.165) is 0 Å². The van der Waals surface area contributed by atoms with Gasteiger partial charge in [-0.3, -0.25) is 9.59 Å². The average Bonchev–Trinajstić information content (AvgIpc) is 3.27. The first-order valence-corrected chi connectivity index (χ1v) is 9.72. The Morgan fingerprint density at radius 2 is 1.61 bits per heavy atom. The van der Waals surface area contributed by atoms with E-state index in [-0.39, 0.29) is 18.3 Å². The minimum atomic E-state index is -0.455. The highest BCUT2D eigenvalue weighted by Crippen LogP contribution is 2.15. The fourth-order valence-electron chi connectivity index (χ4n) is 2.54.